The summed E-state index contributed by atoms with van der Waals surface area (Å²) in [5.74, 6) is 0.379. The molecule has 0 saturated heterocycles. The van der Waals surface area contributed by atoms with Crippen molar-refractivity contribution in [1.29, 1.82) is 0 Å². The summed E-state index contributed by atoms with van der Waals surface area (Å²) in [5, 5.41) is 5.11. The Bertz CT molecular complexity index is 1060. The average molecular weight is 387 g/mol. The number of anilines is 1. The maximum Gasteiger partial charge on any atom is 0.267 e. The molecule has 0 aliphatic heterocycles. The molecule has 0 saturated carbocycles. The third kappa shape index (κ3) is 3.64. The number of carbonyl (C=O) groups excluding carboxylic acids is 1. The van der Waals surface area contributed by atoms with E-state index in [2.05, 4.69) is 48.8 Å². The largest absolute Gasteiger partial charge is 0.322 e. The fourth-order valence-corrected chi connectivity index (χ4v) is 4.18. The average Bonchev–Trinajstić information content (AvgIpc) is 3.38. The minimum Gasteiger partial charge on any atom is -0.322 e. The van der Waals surface area contributed by atoms with Gasteiger partial charge in [-0.3, -0.25) is 4.79 Å². The number of carbonyl (C=O) groups is 1. The Hall–Kier alpha value is -3.11. The van der Waals surface area contributed by atoms with Gasteiger partial charge in [0.1, 0.15) is 4.88 Å². The van der Waals surface area contributed by atoms with Gasteiger partial charge in [0, 0.05) is 29.0 Å². The molecule has 2 aromatic carbocycles. The molecule has 0 aliphatic rings. The highest BCUT2D eigenvalue weighted by Crippen LogP contribution is 2.35. The van der Waals surface area contributed by atoms with Crippen LogP contribution in [-0.4, -0.2) is 10.5 Å². The van der Waals surface area contributed by atoms with Crippen LogP contribution in [0, 0.1) is 0 Å². The minimum absolute atomic E-state index is 0.0896. The molecule has 2 aromatic heterocycles. The Kier molecular flexibility index (Phi) is 5.13. The Labute approximate surface area is 169 Å². The Morgan fingerprint density at radius 3 is 2.25 bits per heavy atom. The van der Waals surface area contributed by atoms with E-state index in [4.69, 9.17) is 0 Å². The Balaban J connectivity index is 1.69. The number of thiophene rings is 1. The number of hydrogen-bond acceptors (Lipinski definition) is 2. The van der Waals surface area contributed by atoms with Crippen LogP contribution in [0.15, 0.2) is 84.5 Å². The molecule has 0 radical (unpaired) electrons. The fourth-order valence-electron chi connectivity index (χ4n) is 3.21. The summed E-state index contributed by atoms with van der Waals surface area (Å²) in [5.41, 5.74) is 5.14. The van der Waals surface area contributed by atoms with Crippen LogP contribution in [-0.2, 0) is 0 Å². The summed E-state index contributed by atoms with van der Waals surface area (Å²) in [6.45, 7) is 4.32. The van der Waals surface area contributed by atoms with Gasteiger partial charge in [0.15, 0.2) is 0 Å². The number of hydrogen-bond donors (Lipinski definition) is 1. The molecule has 0 bridgehead atoms. The molecule has 28 heavy (non-hydrogen) atoms. The molecular formula is C24H22N2OS. The van der Waals surface area contributed by atoms with Crippen LogP contribution in [0.3, 0.4) is 0 Å². The predicted molar refractivity (Wildman–Crippen MR) is 118 cm³/mol. The third-order valence-corrected chi connectivity index (χ3v) is 5.72. The highest BCUT2D eigenvalue weighted by molar-refractivity contribution is 7.13. The van der Waals surface area contributed by atoms with E-state index in [1.165, 1.54) is 16.9 Å². The fraction of sp³-hybridized carbons (Fsp3) is 0.125. The molecule has 1 amide bonds. The SMILES string of the molecule is CC(C)c1ccc(NC(=O)c2scc(-c3ccccc3)c2-n2cccc2)cc1. The second-order valence-electron chi connectivity index (χ2n) is 7.01. The monoisotopic (exact) mass is 386 g/mol. The topological polar surface area (TPSA) is 34.0 Å². The van der Waals surface area contributed by atoms with Crippen LogP contribution in [0.1, 0.15) is 35.0 Å². The number of nitrogens with one attached hydrogen (secondary N) is 1. The van der Waals surface area contributed by atoms with Crippen LogP contribution >= 0.6 is 11.3 Å². The lowest BCUT2D eigenvalue weighted by atomic mass is 10.0. The second-order valence-corrected chi connectivity index (χ2v) is 7.89. The molecule has 0 atom stereocenters. The van der Waals surface area contributed by atoms with Crippen LogP contribution in [0.2, 0.25) is 0 Å². The van der Waals surface area contributed by atoms with Gasteiger partial charge in [0.2, 0.25) is 0 Å². The first kappa shape index (κ1) is 18.3. The smallest absolute Gasteiger partial charge is 0.267 e. The van der Waals surface area contributed by atoms with Gasteiger partial charge in [0.25, 0.3) is 5.91 Å². The van der Waals surface area contributed by atoms with Crippen LogP contribution in [0.25, 0.3) is 16.8 Å². The van der Waals surface area contributed by atoms with E-state index in [1.54, 1.807) is 0 Å². The Morgan fingerprint density at radius 1 is 0.929 bits per heavy atom. The zero-order valence-electron chi connectivity index (χ0n) is 15.9. The van der Waals surface area contributed by atoms with E-state index in [-0.39, 0.29) is 5.91 Å². The highest BCUT2D eigenvalue weighted by atomic mass is 32.1. The molecule has 0 spiro atoms. The molecule has 140 valence electrons. The second kappa shape index (κ2) is 7.87. The van der Waals surface area contributed by atoms with E-state index in [1.807, 2.05) is 59.4 Å². The van der Waals surface area contributed by atoms with Crippen molar-refractivity contribution >= 4 is 22.9 Å². The summed E-state index contributed by atoms with van der Waals surface area (Å²) in [4.78, 5) is 13.8. The quantitative estimate of drug-likeness (QED) is 0.413. The van der Waals surface area contributed by atoms with Gasteiger partial charge in [-0.2, -0.15) is 0 Å². The van der Waals surface area contributed by atoms with Gasteiger partial charge >= 0.3 is 0 Å². The molecule has 4 heteroatoms. The van der Waals surface area contributed by atoms with Crippen molar-refractivity contribution in [3.63, 3.8) is 0 Å². The van der Waals surface area contributed by atoms with Crippen LogP contribution in [0.5, 0.6) is 0 Å². The number of nitrogens with zero attached hydrogens (tertiary/aromatic N) is 1. The normalized spacial score (nSPS) is 11.0. The van der Waals surface area contributed by atoms with Crippen molar-refractivity contribution < 1.29 is 4.79 Å². The number of amides is 1. The first-order valence-corrected chi connectivity index (χ1v) is 10.2. The molecule has 4 aromatic rings. The standard InChI is InChI=1S/C24H22N2OS/c1-17(2)18-10-12-20(13-11-18)25-24(27)23-22(26-14-6-7-15-26)21(16-28-23)19-8-4-3-5-9-19/h3-17H,1-2H3,(H,25,27). The van der Waals surface area contributed by atoms with E-state index >= 15 is 0 Å². The molecule has 0 fully saturated rings. The van der Waals surface area contributed by atoms with Crippen molar-refractivity contribution in [2.45, 2.75) is 19.8 Å². The summed E-state index contributed by atoms with van der Waals surface area (Å²) in [7, 11) is 0. The van der Waals surface area contributed by atoms with Crippen molar-refractivity contribution in [1.82, 2.24) is 4.57 Å². The minimum atomic E-state index is -0.0896. The Morgan fingerprint density at radius 2 is 1.61 bits per heavy atom. The first-order chi connectivity index (χ1) is 13.6. The summed E-state index contributed by atoms with van der Waals surface area (Å²) < 4.78 is 2.01. The van der Waals surface area contributed by atoms with Crippen molar-refractivity contribution in [3.8, 4) is 16.8 Å². The molecule has 3 nitrogen and oxygen atoms in total. The van der Waals surface area contributed by atoms with Crippen LogP contribution in [0.4, 0.5) is 5.69 Å². The lowest BCUT2D eigenvalue weighted by Gasteiger charge is -2.11. The van der Waals surface area contributed by atoms with Gasteiger partial charge < -0.3 is 9.88 Å². The van der Waals surface area contributed by atoms with Crippen LogP contribution < -0.4 is 5.32 Å². The van der Waals surface area contributed by atoms with Gasteiger partial charge in [-0.15, -0.1) is 11.3 Å². The maximum atomic E-state index is 13.1. The first-order valence-electron chi connectivity index (χ1n) is 9.35. The lowest BCUT2D eigenvalue weighted by molar-refractivity contribution is 0.103. The molecule has 0 unspecified atom stereocenters. The van der Waals surface area contributed by atoms with Gasteiger partial charge in [-0.05, 0) is 41.3 Å². The van der Waals surface area contributed by atoms with Crippen molar-refractivity contribution in [2.75, 3.05) is 5.32 Å². The van der Waals surface area contributed by atoms with Gasteiger partial charge in [-0.1, -0.05) is 56.3 Å². The third-order valence-electron chi connectivity index (χ3n) is 4.75. The van der Waals surface area contributed by atoms with E-state index in [9.17, 15) is 4.79 Å². The molecule has 1 N–H and O–H groups in total. The van der Waals surface area contributed by atoms with Gasteiger partial charge in [0.05, 0.1) is 5.69 Å². The highest BCUT2D eigenvalue weighted by Gasteiger charge is 2.20. The lowest BCUT2D eigenvalue weighted by Crippen LogP contribution is -2.13. The maximum absolute atomic E-state index is 13.1. The molecule has 2 heterocycles. The zero-order chi connectivity index (χ0) is 19.5. The van der Waals surface area contributed by atoms with Gasteiger partial charge in [-0.25, -0.2) is 0 Å². The zero-order valence-corrected chi connectivity index (χ0v) is 16.7. The summed E-state index contributed by atoms with van der Waals surface area (Å²) in [6, 6.07) is 22.2. The summed E-state index contributed by atoms with van der Waals surface area (Å²) >= 11 is 1.47. The number of rotatable bonds is 5. The number of aromatic nitrogens is 1. The molecular weight excluding hydrogens is 364 g/mol. The number of benzene rings is 2. The molecule has 4 rings (SSSR count). The van der Waals surface area contributed by atoms with E-state index < -0.39 is 0 Å². The van der Waals surface area contributed by atoms with E-state index in [0.29, 0.717) is 10.8 Å². The van der Waals surface area contributed by atoms with E-state index in [0.717, 1.165) is 22.5 Å². The predicted octanol–water partition coefficient (Wildman–Crippen LogP) is 6.58. The van der Waals surface area contributed by atoms with Crippen molar-refractivity contribution in [3.05, 3.63) is 94.9 Å². The molecule has 0 aliphatic carbocycles. The van der Waals surface area contributed by atoms with Crippen molar-refractivity contribution in [2.24, 2.45) is 0 Å². The summed E-state index contributed by atoms with van der Waals surface area (Å²) in [6.07, 6.45) is 3.95.